The van der Waals surface area contributed by atoms with Crippen molar-refractivity contribution in [3.63, 3.8) is 0 Å². The van der Waals surface area contributed by atoms with Crippen molar-refractivity contribution >= 4 is 13.6 Å². The molecule has 0 aliphatic rings. The quantitative estimate of drug-likeness (QED) is 0.359. The van der Waals surface area contributed by atoms with Gasteiger partial charge in [-0.1, -0.05) is 0 Å². The molecular formula is C10H18NO5P. The fraction of sp³-hybridized carbons (Fsp3) is 0.800. The predicted molar refractivity (Wildman–Crippen MR) is 61.5 cm³/mol. The lowest BCUT2D eigenvalue weighted by Gasteiger charge is -2.15. The smallest absolute Gasteiger partial charge is 0.341 e. The maximum Gasteiger partial charge on any atom is 0.341 e. The number of carbonyl (C=O) groups excluding carboxylic acids is 1. The highest BCUT2D eigenvalue weighted by Gasteiger charge is 2.28. The van der Waals surface area contributed by atoms with Crippen molar-refractivity contribution in [2.75, 3.05) is 26.0 Å². The Bertz CT molecular complexity index is 302. The van der Waals surface area contributed by atoms with Crippen LogP contribution in [-0.4, -0.2) is 32.0 Å². The Labute approximate surface area is 101 Å². The molecule has 0 aromatic carbocycles. The standard InChI is InChI=1S/C10H18NO5P/c1-3-15-17(13,16-4-2)9-10(12)14-8-6-5-7-11/h3-6,8-9H2,1-2H3. The van der Waals surface area contributed by atoms with Gasteiger partial charge in [0.1, 0.15) is 6.16 Å². The molecule has 0 rings (SSSR count). The zero-order chi connectivity index (χ0) is 13.1. The van der Waals surface area contributed by atoms with Crippen LogP contribution in [0, 0.1) is 11.3 Å². The molecule has 0 amide bonds. The topological polar surface area (TPSA) is 85.6 Å². The summed E-state index contributed by atoms with van der Waals surface area (Å²) < 4.78 is 26.6. The molecule has 0 fully saturated rings. The molecule has 0 radical (unpaired) electrons. The predicted octanol–water partition coefficient (Wildman–Crippen LogP) is 2.10. The van der Waals surface area contributed by atoms with Crippen LogP contribution in [0.1, 0.15) is 26.7 Å². The van der Waals surface area contributed by atoms with E-state index in [1.54, 1.807) is 13.8 Å². The summed E-state index contributed by atoms with van der Waals surface area (Å²) in [5.41, 5.74) is 0. The maximum atomic E-state index is 11.9. The van der Waals surface area contributed by atoms with Crippen LogP contribution >= 0.6 is 7.60 Å². The lowest BCUT2D eigenvalue weighted by atomic mass is 10.3. The first-order valence-electron chi connectivity index (χ1n) is 5.48. The van der Waals surface area contributed by atoms with Crippen molar-refractivity contribution in [2.45, 2.75) is 26.7 Å². The second kappa shape index (κ2) is 9.17. The summed E-state index contributed by atoms with van der Waals surface area (Å²) in [6.07, 6.45) is 0.402. The summed E-state index contributed by atoms with van der Waals surface area (Å²) in [5.74, 6) is -0.631. The maximum absolute atomic E-state index is 11.9. The molecule has 0 saturated heterocycles. The summed E-state index contributed by atoms with van der Waals surface area (Å²) >= 11 is 0. The molecular weight excluding hydrogens is 245 g/mol. The normalized spacial score (nSPS) is 10.9. The van der Waals surface area contributed by atoms with E-state index in [-0.39, 0.29) is 26.0 Å². The number of ether oxygens (including phenoxy) is 1. The third-order valence-corrected chi connectivity index (χ3v) is 3.62. The van der Waals surface area contributed by atoms with Crippen molar-refractivity contribution in [3.05, 3.63) is 0 Å². The fourth-order valence-electron chi connectivity index (χ4n) is 1.06. The van der Waals surface area contributed by atoms with Crippen LogP contribution in [0.25, 0.3) is 0 Å². The number of unbranched alkanes of at least 4 members (excludes halogenated alkanes) is 1. The number of hydrogen-bond acceptors (Lipinski definition) is 6. The average Bonchev–Trinajstić information content (AvgIpc) is 2.24. The number of rotatable bonds is 9. The Morgan fingerprint density at radius 2 is 1.88 bits per heavy atom. The molecule has 0 N–H and O–H groups in total. The van der Waals surface area contributed by atoms with E-state index in [4.69, 9.17) is 19.0 Å². The Hall–Kier alpha value is -0.890. The molecule has 0 bridgehead atoms. The Kier molecular flexibility index (Phi) is 8.69. The SMILES string of the molecule is CCOP(=O)(CC(=O)OCCCC#N)OCC. The lowest BCUT2D eigenvalue weighted by molar-refractivity contribution is -0.140. The Morgan fingerprint density at radius 3 is 2.35 bits per heavy atom. The van der Waals surface area contributed by atoms with Crippen LogP contribution in [0.2, 0.25) is 0 Å². The average molecular weight is 263 g/mol. The van der Waals surface area contributed by atoms with E-state index in [1.165, 1.54) is 0 Å². The van der Waals surface area contributed by atoms with Crippen molar-refractivity contribution in [2.24, 2.45) is 0 Å². The molecule has 0 spiro atoms. The van der Waals surface area contributed by atoms with E-state index in [9.17, 15) is 9.36 Å². The fourth-order valence-corrected chi connectivity index (χ4v) is 2.51. The highest BCUT2D eigenvalue weighted by atomic mass is 31.2. The molecule has 0 saturated carbocycles. The largest absolute Gasteiger partial charge is 0.465 e. The summed E-state index contributed by atoms with van der Waals surface area (Å²) in [4.78, 5) is 11.3. The molecule has 17 heavy (non-hydrogen) atoms. The van der Waals surface area contributed by atoms with Crippen LogP contribution in [0.15, 0.2) is 0 Å². The van der Waals surface area contributed by atoms with E-state index in [1.807, 2.05) is 6.07 Å². The first-order chi connectivity index (χ1) is 8.08. The van der Waals surface area contributed by atoms with Crippen LogP contribution in [0.5, 0.6) is 0 Å². The zero-order valence-corrected chi connectivity index (χ0v) is 11.1. The van der Waals surface area contributed by atoms with Gasteiger partial charge in [-0.3, -0.25) is 9.36 Å². The monoisotopic (exact) mass is 263 g/mol. The van der Waals surface area contributed by atoms with Crippen LogP contribution in [0.3, 0.4) is 0 Å². The van der Waals surface area contributed by atoms with E-state index < -0.39 is 13.6 Å². The lowest BCUT2D eigenvalue weighted by Crippen LogP contribution is -2.13. The van der Waals surface area contributed by atoms with Gasteiger partial charge < -0.3 is 13.8 Å². The number of nitrogens with zero attached hydrogens (tertiary/aromatic N) is 1. The minimum atomic E-state index is -3.37. The van der Waals surface area contributed by atoms with Crippen LogP contribution < -0.4 is 0 Å². The second-order valence-corrected chi connectivity index (χ2v) is 5.14. The van der Waals surface area contributed by atoms with Crippen LogP contribution in [0.4, 0.5) is 0 Å². The van der Waals surface area contributed by atoms with E-state index >= 15 is 0 Å². The van der Waals surface area contributed by atoms with E-state index in [0.29, 0.717) is 12.8 Å². The molecule has 98 valence electrons. The molecule has 7 heteroatoms. The highest BCUT2D eigenvalue weighted by Crippen LogP contribution is 2.47. The van der Waals surface area contributed by atoms with Gasteiger partial charge in [-0.2, -0.15) is 5.26 Å². The summed E-state index contributed by atoms with van der Waals surface area (Å²) in [7, 11) is -3.37. The van der Waals surface area contributed by atoms with Gasteiger partial charge in [0.05, 0.1) is 25.9 Å². The van der Waals surface area contributed by atoms with Gasteiger partial charge in [0.2, 0.25) is 0 Å². The molecule has 6 nitrogen and oxygen atoms in total. The van der Waals surface area contributed by atoms with Crippen LogP contribution in [-0.2, 0) is 23.1 Å². The zero-order valence-electron chi connectivity index (χ0n) is 10.2. The summed E-state index contributed by atoms with van der Waals surface area (Å²) in [6.45, 7) is 3.90. The van der Waals surface area contributed by atoms with Gasteiger partial charge >= 0.3 is 13.6 Å². The van der Waals surface area contributed by atoms with Gasteiger partial charge in [0.15, 0.2) is 0 Å². The minimum absolute atomic E-state index is 0.143. The Morgan fingerprint density at radius 1 is 1.29 bits per heavy atom. The number of nitriles is 1. The number of hydrogen-bond donors (Lipinski definition) is 0. The number of esters is 1. The molecule has 0 aromatic heterocycles. The second-order valence-electron chi connectivity index (χ2n) is 3.09. The van der Waals surface area contributed by atoms with Gasteiger partial charge in [-0.25, -0.2) is 0 Å². The first kappa shape index (κ1) is 16.1. The van der Waals surface area contributed by atoms with Crippen molar-refractivity contribution in [1.82, 2.24) is 0 Å². The molecule has 0 aliphatic heterocycles. The van der Waals surface area contributed by atoms with Crippen molar-refractivity contribution in [3.8, 4) is 6.07 Å². The molecule has 0 aliphatic carbocycles. The molecule has 0 heterocycles. The number of carbonyl (C=O) groups is 1. The van der Waals surface area contributed by atoms with E-state index in [2.05, 4.69) is 0 Å². The van der Waals surface area contributed by atoms with Gasteiger partial charge in [-0.05, 0) is 20.3 Å². The minimum Gasteiger partial charge on any atom is -0.465 e. The summed E-state index contributed by atoms with van der Waals surface area (Å²) in [6, 6.07) is 1.93. The van der Waals surface area contributed by atoms with Gasteiger partial charge in [0.25, 0.3) is 0 Å². The summed E-state index contributed by atoms with van der Waals surface area (Å²) in [5, 5.41) is 8.28. The third-order valence-electron chi connectivity index (χ3n) is 1.67. The van der Waals surface area contributed by atoms with Crippen molar-refractivity contribution in [1.29, 1.82) is 5.26 Å². The van der Waals surface area contributed by atoms with E-state index in [0.717, 1.165) is 0 Å². The van der Waals surface area contributed by atoms with Gasteiger partial charge in [-0.15, -0.1) is 0 Å². The molecule has 0 aromatic rings. The molecule has 0 atom stereocenters. The molecule has 0 unspecified atom stereocenters. The van der Waals surface area contributed by atoms with Crippen molar-refractivity contribution < 1.29 is 23.1 Å². The Balaban J connectivity index is 4.05. The third kappa shape index (κ3) is 7.92. The van der Waals surface area contributed by atoms with Gasteiger partial charge in [0, 0.05) is 6.42 Å². The highest BCUT2D eigenvalue weighted by molar-refractivity contribution is 7.54. The first-order valence-corrected chi connectivity index (χ1v) is 7.21.